The SMILES string of the molecule is O=C(CCC=Cc1ccccc1)Nc1ccccc1N1CCOC1=O. The highest BCUT2D eigenvalue weighted by Crippen LogP contribution is 2.28. The minimum Gasteiger partial charge on any atom is -0.447 e. The van der Waals surface area contributed by atoms with Gasteiger partial charge in [0.15, 0.2) is 0 Å². The van der Waals surface area contributed by atoms with Crippen molar-refractivity contribution in [3.8, 4) is 0 Å². The van der Waals surface area contributed by atoms with Crippen molar-refractivity contribution >= 4 is 29.5 Å². The molecule has 5 heteroatoms. The molecule has 2 aromatic rings. The molecule has 0 bridgehead atoms. The zero-order valence-electron chi connectivity index (χ0n) is 13.9. The van der Waals surface area contributed by atoms with E-state index in [2.05, 4.69) is 5.32 Å². The van der Waals surface area contributed by atoms with Gasteiger partial charge in [-0.1, -0.05) is 54.6 Å². The van der Waals surface area contributed by atoms with Gasteiger partial charge in [-0.2, -0.15) is 0 Å². The number of anilines is 2. The Balaban J connectivity index is 1.56. The Labute approximate surface area is 146 Å². The third-order valence-electron chi connectivity index (χ3n) is 3.88. The Hall–Kier alpha value is -3.08. The van der Waals surface area contributed by atoms with Crippen molar-refractivity contribution < 1.29 is 14.3 Å². The lowest BCUT2D eigenvalue weighted by Gasteiger charge is -2.17. The van der Waals surface area contributed by atoms with Crippen LogP contribution in [0.15, 0.2) is 60.7 Å². The first-order valence-corrected chi connectivity index (χ1v) is 8.29. The van der Waals surface area contributed by atoms with Crippen molar-refractivity contribution in [2.45, 2.75) is 12.8 Å². The number of cyclic esters (lactones) is 1. The van der Waals surface area contributed by atoms with Crippen LogP contribution in [0.2, 0.25) is 0 Å². The lowest BCUT2D eigenvalue weighted by molar-refractivity contribution is -0.116. The number of rotatable bonds is 6. The Bertz CT molecular complexity index is 772. The van der Waals surface area contributed by atoms with E-state index in [0.29, 0.717) is 37.4 Å². The van der Waals surface area contributed by atoms with Gasteiger partial charge in [0, 0.05) is 6.42 Å². The molecule has 0 unspecified atom stereocenters. The first-order chi connectivity index (χ1) is 12.2. The van der Waals surface area contributed by atoms with E-state index in [1.807, 2.05) is 54.6 Å². The van der Waals surface area contributed by atoms with E-state index in [-0.39, 0.29) is 12.0 Å². The second-order valence-electron chi connectivity index (χ2n) is 5.68. The molecule has 1 aliphatic heterocycles. The van der Waals surface area contributed by atoms with Crippen LogP contribution in [-0.4, -0.2) is 25.2 Å². The molecule has 2 aromatic carbocycles. The van der Waals surface area contributed by atoms with Crippen LogP contribution in [0.4, 0.5) is 16.2 Å². The van der Waals surface area contributed by atoms with E-state index in [0.717, 1.165) is 5.56 Å². The van der Waals surface area contributed by atoms with Gasteiger partial charge in [0.2, 0.25) is 5.91 Å². The maximum Gasteiger partial charge on any atom is 0.414 e. The quantitative estimate of drug-likeness (QED) is 0.865. The normalized spacial score (nSPS) is 13.9. The Morgan fingerprint density at radius 3 is 2.64 bits per heavy atom. The molecule has 25 heavy (non-hydrogen) atoms. The highest BCUT2D eigenvalue weighted by molar-refractivity contribution is 5.99. The summed E-state index contributed by atoms with van der Waals surface area (Å²) in [5.41, 5.74) is 2.40. The molecule has 0 atom stereocenters. The van der Waals surface area contributed by atoms with Gasteiger partial charge >= 0.3 is 6.09 Å². The standard InChI is InChI=1S/C20H20N2O3/c23-19(13-7-4-10-16-8-2-1-3-9-16)21-17-11-5-6-12-18(17)22-14-15-25-20(22)24/h1-6,8-12H,7,13-15H2,(H,21,23). The lowest BCUT2D eigenvalue weighted by atomic mass is 10.2. The summed E-state index contributed by atoms with van der Waals surface area (Å²) in [6.07, 6.45) is 4.63. The molecular formula is C20H20N2O3. The summed E-state index contributed by atoms with van der Waals surface area (Å²) in [4.78, 5) is 25.5. The molecule has 0 spiro atoms. The highest BCUT2D eigenvalue weighted by Gasteiger charge is 2.25. The number of nitrogens with one attached hydrogen (secondary N) is 1. The molecular weight excluding hydrogens is 316 g/mol. The second kappa shape index (κ2) is 8.15. The Kier molecular flexibility index (Phi) is 5.46. The second-order valence-corrected chi connectivity index (χ2v) is 5.68. The summed E-state index contributed by atoms with van der Waals surface area (Å²) >= 11 is 0. The van der Waals surface area contributed by atoms with Gasteiger partial charge in [-0.05, 0) is 24.1 Å². The van der Waals surface area contributed by atoms with E-state index >= 15 is 0 Å². The topological polar surface area (TPSA) is 58.6 Å². The first-order valence-electron chi connectivity index (χ1n) is 8.29. The monoisotopic (exact) mass is 336 g/mol. The lowest BCUT2D eigenvalue weighted by Crippen LogP contribution is -2.25. The maximum atomic E-state index is 12.2. The molecule has 128 valence electrons. The summed E-state index contributed by atoms with van der Waals surface area (Å²) in [6, 6.07) is 17.2. The van der Waals surface area contributed by atoms with E-state index < -0.39 is 0 Å². The van der Waals surface area contributed by atoms with E-state index in [1.165, 1.54) is 4.90 Å². The molecule has 0 aromatic heterocycles. The third kappa shape index (κ3) is 4.47. The molecule has 0 radical (unpaired) electrons. The molecule has 1 saturated heterocycles. The van der Waals surface area contributed by atoms with Gasteiger partial charge in [-0.25, -0.2) is 4.79 Å². The van der Waals surface area contributed by atoms with Crippen molar-refractivity contribution in [2.75, 3.05) is 23.4 Å². The Morgan fingerprint density at radius 1 is 1.12 bits per heavy atom. The van der Waals surface area contributed by atoms with Crippen molar-refractivity contribution in [3.05, 3.63) is 66.2 Å². The largest absolute Gasteiger partial charge is 0.447 e. The third-order valence-corrected chi connectivity index (χ3v) is 3.88. The maximum absolute atomic E-state index is 12.2. The van der Waals surface area contributed by atoms with Crippen LogP contribution in [0, 0.1) is 0 Å². The number of nitrogens with zero attached hydrogens (tertiary/aromatic N) is 1. The van der Waals surface area contributed by atoms with Crippen molar-refractivity contribution in [1.29, 1.82) is 0 Å². The first kappa shape index (κ1) is 16.8. The van der Waals surface area contributed by atoms with Gasteiger partial charge in [-0.3, -0.25) is 9.69 Å². The molecule has 1 aliphatic rings. The van der Waals surface area contributed by atoms with Crippen LogP contribution in [0.25, 0.3) is 6.08 Å². The van der Waals surface area contributed by atoms with Crippen LogP contribution in [0.5, 0.6) is 0 Å². The summed E-state index contributed by atoms with van der Waals surface area (Å²) < 4.78 is 4.97. The number of carbonyl (C=O) groups is 2. The summed E-state index contributed by atoms with van der Waals surface area (Å²) in [6.45, 7) is 0.858. The van der Waals surface area contributed by atoms with Gasteiger partial charge in [0.25, 0.3) is 0 Å². The number of amides is 2. The number of allylic oxidation sites excluding steroid dienone is 1. The number of para-hydroxylation sites is 2. The number of carbonyl (C=O) groups excluding carboxylic acids is 2. The average molecular weight is 336 g/mol. The zero-order valence-corrected chi connectivity index (χ0v) is 13.9. The minimum absolute atomic E-state index is 0.0854. The molecule has 5 nitrogen and oxygen atoms in total. The predicted octanol–water partition coefficient (Wildman–Crippen LogP) is 4.08. The summed E-state index contributed by atoms with van der Waals surface area (Å²) in [7, 11) is 0. The van der Waals surface area contributed by atoms with Crippen molar-refractivity contribution in [1.82, 2.24) is 0 Å². The van der Waals surface area contributed by atoms with Gasteiger partial charge in [-0.15, -0.1) is 0 Å². The number of hydrogen-bond donors (Lipinski definition) is 1. The molecule has 2 amide bonds. The fraction of sp³-hybridized carbons (Fsp3) is 0.200. The van der Waals surface area contributed by atoms with Crippen LogP contribution in [0.1, 0.15) is 18.4 Å². The van der Waals surface area contributed by atoms with Gasteiger partial charge in [0.1, 0.15) is 6.61 Å². The minimum atomic E-state index is -0.382. The van der Waals surface area contributed by atoms with Crippen LogP contribution < -0.4 is 10.2 Å². The van der Waals surface area contributed by atoms with Crippen LogP contribution in [0.3, 0.4) is 0 Å². The number of benzene rings is 2. The fourth-order valence-corrected chi connectivity index (χ4v) is 2.64. The molecule has 0 aliphatic carbocycles. The highest BCUT2D eigenvalue weighted by atomic mass is 16.6. The van der Waals surface area contributed by atoms with E-state index in [4.69, 9.17) is 4.74 Å². The molecule has 3 rings (SSSR count). The van der Waals surface area contributed by atoms with Crippen LogP contribution in [-0.2, 0) is 9.53 Å². The number of ether oxygens (including phenoxy) is 1. The summed E-state index contributed by atoms with van der Waals surface area (Å²) in [5, 5.41) is 2.88. The average Bonchev–Trinajstić information content (AvgIpc) is 3.06. The molecule has 1 fully saturated rings. The molecule has 0 saturated carbocycles. The summed E-state index contributed by atoms with van der Waals surface area (Å²) in [5.74, 6) is -0.0854. The number of hydrogen-bond acceptors (Lipinski definition) is 3. The fourth-order valence-electron chi connectivity index (χ4n) is 2.64. The van der Waals surface area contributed by atoms with Gasteiger partial charge in [0.05, 0.1) is 17.9 Å². The predicted molar refractivity (Wildman–Crippen MR) is 98.5 cm³/mol. The smallest absolute Gasteiger partial charge is 0.414 e. The Morgan fingerprint density at radius 2 is 1.88 bits per heavy atom. The van der Waals surface area contributed by atoms with Gasteiger partial charge < -0.3 is 10.1 Å². The van der Waals surface area contributed by atoms with E-state index in [9.17, 15) is 9.59 Å². The van der Waals surface area contributed by atoms with Crippen LogP contribution >= 0.6 is 0 Å². The molecule has 1 heterocycles. The zero-order chi connectivity index (χ0) is 17.5. The van der Waals surface area contributed by atoms with Crippen molar-refractivity contribution in [2.24, 2.45) is 0 Å². The molecule has 1 N–H and O–H groups in total. The van der Waals surface area contributed by atoms with E-state index in [1.54, 1.807) is 12.1 Å². The van der Waals surface area contributed by atoms with Crippen molar-refractivity contribution in [3.63, 3.8) is 0 Å².